The van der Waals surface area contributed by atoms with Crippen LogP contribution in [0.4, 0.5) is 0 Å². The van der Waals surface area contributed by atoms with Gasteiger partial charge in [-0.25, -0.2) is 0 Å². The third-order valence-electron chi connectivity index (χ3n) is 3.80. The van der Waals surface area contributed by atoms with Gasteiger partial charge in [-0.1, -0.05) is 13.8 Å². The van der Waals surface area contributed by atoms with Crippen molar-refractivity contribution in [2.45, 2.75) is 32.5 Å². The Kier molecular flexibility index (Phi) is 3.40. The van der Waals surface area contributed by atoms with E-state index in [-0.39, 0.29) is 24.4 Å². The predicted octanol–water partition coefficient (Wildman–Crippen LogP) is 3.26. The zero-order chi connectivity index (χ0) is 15.0. The minimum Gasteiger partial charge on any atom is -0.506 e. The summed E-state index contributed by atoms with van der Waals surface area (Å²) < 4.78 is 11.1. The maximum absolute atomic E-state index is 10.5. The van der Waals surface area contributed by atoms with Gasteiger partial charge in [0.05, 0.1) is 30.6 Å². The summed E-state index contributed by atoms with van der Waals surface area (Å²) in [6.07, 6.45) is 2.92. The summed E-state index contributed by atoms with van der Waals surface area (Å²) >= 11 is 0. The number of hydrogen-bond acceptors (Lipinski definition) is 5. The first-order chi connectivity index (χ1) is 10.1. The molecule has 0 saturated carbocycles. The summed E-state index contributed by atoms with van der Waals surface area (Å²) in [5, 5.41) is 19.7. The highest BCUT2D eigenvalue weighted by atomic mass is 16.5. The zero-order valence-electron chi connectivity index (χ0n) is 11.9. The summed E-state index contributed by atoms with van der Waals surface area (Å²) in [4.78, 5) is 4.31. The van der Waals surface area contributed by atoms with Gasteiger partial charge in [0, 0.05) is 17.3 Å². The lowest BCUT2D eigenvalue weighted by molar-refractivity contribution is 0.0779. The average Bonchev–Trinajstić information content (AvgIpc) is 3.09. The first-order valence-corrected chi connectivity index (χ1v) is 6.88. The Bertz CT molecular complexity index is 686. The third kappa shape index (κ3) is 2.18. The number of aromatic hydroxyl groups is 1. The first kappa shape index (κ1) is 13.7. The van der Waals surface area contributed by atoms with Crippen LogP contribution in [0.25, 0.3) is 0 Å². The average molecular weight is 284 g/mol. The minimum atomic E-state index is -0.432. The second kappa shape index (κ2) is 5.23. The molecule has 0 aromatic carbocycles. The van der Waals surface area contributed by atoms with Gasteiger partial charge in [0.15, 0.2) is 0 Å². The smallest absolute Gasteiger partial charge is 0.144 e. The molecule has 5 heteroatoms. The van der Waals surface area contributed by atoms with Crippen molar-refractivity contribution in [3.8, 4) is 11.8 Å². The molecular weight excluding hydrogens is 268 g/mol. The van der Waals surface area contributed by atoms with Gasteiger partial charge in [-0.05, 0) is 18.1 Å². The number of nitrogens with zero attached hydrogens (tertiary/aromatic N) is 2. The molecule has 0 spiro atoms. The number of nitriles is 1. The second-order valence-corrected chi connectivity index (χ2v) is 5.48. The van der Waals surface area contributed by atoms with E-state index in [1.807, 2.05) is 19.9 Å². The van der Waals surface area contributed by atoms with Crippen molar-refractivity contribution in [1.29, 1.82) is 5.26 Å². The van der Waals surface area contributed by atoms with E-state index in [4.69, 9.17) is 9.15 Å². The van der Waals surface area contributed by atoms with Gasteiger partial charge in [0.2, 0.25) is 0 Å². The highest BCUT2D eigenvalue weighted by Crippen LogP contribution is 2.42. The maximum Gasteiger partial charge on any atom is 0.144 e. The molecule has 0 amide bonds. The molecule has 3 heterocycles. The molecule has 0 radical (unpaired) electrons. The van der Waals surface area contributed by atoms with Crippen LogP contribution in [0.2, 0.25) is 0 Å². The van der Waals surface area contributed by atoms with Crippen molar-refractivity contribution in [2.75, 3.05) is 0 Å². The fourth-order valence-electron chi connectivity index (χ4n) is 2.63. The molecule has 2 unspecified atom stereocenters. The van der Waals surface area contributed by atoms with Crippen LogP contribution in [-0.4, -0.2) is 10.1 Å². The van der Waals surface area contributed by atoms with Crippen LogP contribution in [0.1, 0.15) is 48.5 Å². The van der Waals surface area contributed by atoms with Crippen LogP contribution in [0, 0.1) is 17.2 Å². The SMILES string of the molecule is CC(C)C(C#N)c1ncc2c(c1O)COC2c1ccco1. The summed E-state index contributed by atoms with van der Waals surface area (Å²) in [6, 6.07) is 5.83. The van der Waals surface area contributed by atoms with Crippen LogP contribution < -0.4 is 0 Å². The van der Waals surface area contributed by atoms with Gasteiger partial charge in [-0.3, -0.25) is 4.98 Å². The lowest BCUT2D eigenvalue weighted by Crippen LogP contribution is -2.08. The van der Waals surface area contributed by atoms with E-state index in [0.717, 1.165) is 5.56 Å². The summed E-state index contributed by atoms with van der Waals surface area (Å²) in [6.45, 7) is 4.16. The number of ether oxygens (including phenoxy) is 1. The molecule has 3 rings (SSSR count). The van der Waals surface area contributed by atoms with Crippen LogP contribution in [0.15, 0.2) is 29.0 Å². The highest BCUT2D eigenvalue weighted by molar-refractivity contribution is 5.48. The van der Waals surface area contributed by atoms with E-state index in [0.29, 0.717) is 17.0 Å². The molecule has 2 atom stereocenters. The minimum absolute atomic E-state index is 0.0711. The molecule has 1 aliphatic heterocycles. The molecule has 0 saturated heterocycles. The Labute approximate surface area is 122 Å². The first-order valence-electron chi connectivity index (χ1n) is 6.88. The number of aromatic nitrogens is 1. The largest absolute Gasteiger partial charge is 0.506 e. The molecule has 2 aromatic heterocycles. The van der Waals surface area contributed by atoms with Gasteiger partial charge >= 0.3 is 0 Å². The second-order valence-electron chi connectivity index (χ2n) is 5.48. The highest BCUT2D eigenvalue weighted by Gasteiger charge is 2.32. The van der Waals surface area contributed by atoms with E-state index in [1.54, 1.807) is 18.5 Å². The van der Waals surface area contributed by atoms with E-state index in [1.165, 1.54) is 0 Å². The summed E-state index contributed by atoms with van der Waals surface area (Å²) in [5.74, 6) is 0.401. The quantitative estimate of drug-likeness (QED) is 0.935. The lowest BCUT2D eigenvalue weighted by atomic mass is 9.91. The standard InChI is InChI=1S/C16H16N2O3/c1-9(2)10(6-17)14-15(19)12-8-21-16(11(12)7-18-14)13-4-3-5-20-13/h3-5,7,9-10,16,19H,8H2,1-2H3. The van der Waals surface area contributed by atoms with Crippen molar-refractivity contribution in [1.82, 2.24) is 4.98 Å². The molecular formula is C16H16N2O3. The predicted molar refractivity (Wildman–Crippen MR) is 74.4 cm³/mol. The molecule has 0 aliphatic carbocycles. The van der Waals surface area contributed by atoms with Gasteiger partial charge in [0.1, 0.15) is 17.6 Å². The number of furan rings is 1. The van der Waals surface area contributed by atoms with E-state index >= 15 is 0 Å². The maximum atomic E-state index is 10.5. The molecule has 5 nitrogen and oxygen atoms in total. The normalized spacial score (nSPS) is 18.5. The van der Waals surface area contributed by atoms with Crippen molar-refractivity contribution < 1.29 is 14.3 Å². The Morgan fingerprint density at radius 2 is 2.29 bits per heavy atom. The number of rotatable bonds is 3. The monoisotopic (exact) mass is 284 g/mol. The Hall–Kier alpha value is -2.32. The molecule has 21 heavy (non-hydrogen) atoms. The van der Waals surface area contributed by atoms with Gasteiger partial charge in [-0.2, -0.15) is 5.26 Å². The van der Waals surface area contributed by atoms with Crippen LogP contribution in [-0.2, 0) is 11.3 Å². The van der Waals surface area contributed by atoms with Crippen molar-refractivity contribution in [3.63, 3.8) is 0 Å². The van der Waals surface area contributed by atoms with Crippen molar-refractivity contribution >= 4 is 0 Å². The molecule has 1 aliphatic rings. The van der Waals surface area contributed by atoms with E-state index < -0.39 is 5.92 Å². The molecule has 108 valence electrons. The van der Waals surface area contributed by atoms with Crippen LogP contribution in [0.3, 0.4) is 0 Å². The molecule has 0 fully saturated rings. The van der Waals surface area contributed by atoms with Gasteiger partial charge < -0.3 is 14.3 Å². The third-order valence-corrected chi connectivity index (χ3v) is 3.80. The Morgan fingerprint density at radius 1 is 1.48 bits per heavy atom. The summed E-state index contributed by atoms with van der Waals surface area (Å²) in [7, 11) is 0. The molecule has 1 N–H and O–H groups in total. The number of hydrogen-bond donors (Lipinski definition) is 1. The lowest BCUT2D eigenvalue weighted by Gasteiger charge is -2.15. The van der Waals surface area contributed by atoms with Gasteiger partial charge in [-0.15, -0.1) is 0 Å². The fraction of sp³-hybridized carbons (Fsp3) is 0.375. The van der Waals surface area contributed by atoms with E-state index in [2.05, 4.69) is 11.1 Å². The van der Waals surface area contributed by atoms with E-state index in [9.17, 15) is 10.4 Å². The van der Waals surface area contributed by atoms with Crippen LogP contribution in [0.5, 0.6) is 5.75 Å². The van der Waals surface area contributed by atoms with Crippen LogP contribution >= 0.6 is 0 Å². The number of pyridine rings is 1. The number of fused-ring (bicyclic) bond motifs is 1. The molecule has 0 bridgehead atoms. The fourth-order valence-corrected chi connectivity index (χ4v) is 2.63. The van der Waals surface area contributed by atoms with Crippen molar-refractivity contribution in [3.05, 3.63) is 47.2 Å². The zero-order valence-corrected chi connectivity index (χ0v) is 11.9. The topological polar surface area (TPSA) is 79.3 Å². The summed E-state index contributed by atoms with van der Waals surface area (Å²) in [5.41, 5.74) is 1.92. The Morgan fingerprint density at radius 3 is 2.90 bits per heavy atom. The van der Waals surface area contributed by atoms with Gasteiger partial charge in [0.25, 0.3) is 0 Å². The van der Waals surface area contributed by atoms with Crippen molar-refractivity contribution in [2.24, 2.45) is 5.92 Å². The molecule has 2 aromatic rings. The Balaban J connectivity index is 2.03.